The average molecular weight is 400 g/mol. The second-order valence-electron chi connectivity index (χ2n) is 8.10. The maximum atomic E-state index is 12.4. The van der Waals surface area contributed by atoms with E-state index in [-0.39, 0.29) is 17.6 Å². The fourth-order valence-electron chi connectivity index (χ4n) is 4.12. The van der Waals surface area contributed by atoms with Crippen LogP contribution in [-0.2, 0) is 28.8 Å². The molecule has 0 unspecified atom stereocenters. The molecule has 2 aliphatic rings. The third-order valence-electron chi connectivity index (χ3n) is 5.49. The normalized spacial score (nSPS) is 21.8. The molecular formula is C23H26ClNO3. The molecular weight excluding hydrogens is 374 g/mol. The highest BCUT2D eigenvalue weighted by Gasteiger charge is 2.35. The van der Waals surface area contributed by atoms with Crippen LogP contribution in [0.15, 0.2) is 42.5 Å². The molecule has 2 heterocycles. The van der Waals surface area contributed by atoms with Crippen molar-refractivity contribution >= 4 is 17.5 Å². The van der Waals surface area contributed by atoms with Crippen LogP contribution < -0.4 is 10.1 Å². The number of carbonyl (C=O) groups excluding carboxylic acids is 1. The van der Waals surface area contributed by atoms with Gasteiger partial charge < -0.3 is 14.8 Å². The van der Waals surface area contributed by atoms with E-state index in [1.54, 1.807) is 0 Å². The Kier molecular flexibility index (Phi) is 5.61. The first-order valence-electron chi connectivity index (χ1n) is 9.91. The van der Waals surface area contributed by atoms with Crippen molar-refractivity contribution in [3.63, 3.8) is 0 Å². The molecule has 28 heavy (non-hydrogen) atoms. The van der Waals surface area contributed by atoms with E-state index in [1.807, 2.05) is 36.4 Å². The summed E-state index contributed by atoms with van der Waals surface area (Å²) >= 11 is 5.99. The molecule has 2 aliphatic heterocycles. The highest BCUT2D eigenvalue weighted by Crippen LogP contribution is 2.37. The van der Waals surface area contributed by atoms with Gasteiger partial charge in [-0.2, -0.15) is 0 Å². The van der Waals surface area contributed by atoms with E-state index < -0.39 is 0 Å². The first-order valence-corrected chi connectivity index (χ1v) is 10.3. The lowest BCUT2D eigenvalue weighted by Crippen LogP contribution is -2.39. The monoisotopic (exact) mass is 399 g/mol. The third-order valence-corrected chi connectivity index (χ3v) is 5.74. The molecule has 2 aromatic carbocycles. The van der Waals surface area contributed by atoms with Crippen molar-refractivity contribution in [1.82, 2.24) is 5.32 Å². The van der Waals surface area contributed by atoms with Gasteiger partial charge in [-0.25, -0.2) is 0 Å². The molecule has 0 aliphatic carbocycles. The van der Waals surface area contributed by atoms with Gasteiger partial charge in [0.15, 0.2) is 0 Å². The molecule has 0 radical (unpaired) electrons. The molecule has 148 valence electrons. The van der Waals surface area contributed by atoms with Crippen molar-refractivity contribution in [2.75, 3.05) is 13.2 Å². The molecule has 0 spiro atoms. The molecule has 0 saturated carbocycles. The van der Waals surface area contributed by atoms with Crippen LogP contribution in [-0.4, -0.2) is 30.8 Å². The smallest absolute Gasteiger partial charge is 0.224 e. The fourth-order valence-corrected chi connectivity index (χ4v) is 4.25. The van der Waals surface area contributed by atoms with E-state index in [0.29, 0.717) is 6.42 Å². The number of hydrogen-bond acceptors (Lipinski definition) is 3. The maximum Gasteiger partial charge on any atom is 0.224 e. The molecule has 0 aromatic heterocycles. The van der Waals surface area contributed by atoms with Crippen molar-refractivity contribution in [2.45, 2.75) is 50.7 Å². The average Bonchev–Trinajstić information content (AvgIpc) is 2.99. The van der Waals surface area contributed by atoms with Gasteiger partial charge in [-0.1, -0.05) is 35.9 Å². The van der Waals surface area contributed by atoms with Crippen LogP contribution in [0, 0.1) is 0 Å². The summed E-state index contributed by atoms with van der Waals surface area (Å²) in [4.78, 5) is 12.4. The molecule has 4 rings (SSSR count). The number of ether oxygens (including phenoxy) is 2. The van der Waals surface area contributed by atoms with E-state index in [9.17, 15) is 4.79 Å². The summed E-state index contributed by atoms with van der Waals surface area (Å²) in [6.07, 6.45) is 3.84. The summed E-state index contributed by atoms with van der Waals surface area (Å²) in [6.45, 7) is 3.60. The number of halogens is 1. The Labute approximate surface area is 171 Å². The van der Waals surface area contributed by atoms with Crippen LogP contribution >= 0.6 is 11.6 Å². The third kappa shape index (κ3) is 4.68. The molecule has 1 atom stereocenters. The standard InChI is InChI=1S/C23H26ClNO3/c1-23(14-16-2-5-19(24)6-3-16)15-18-12-17(4-7-21(18)28-23)13-22(26)25-20-8-10-27-11-9-20/h2-7,12,20H,8-11,13-15H2,1H3,(H,25,26)/t23-/m1/s1. The second kappa shape index (κ2) is 8.14. The van der Waals surface area contributed by atoms with Gasteiger partial charge in [0.25, 0.3) is 0 Å². The second-order valence-corrected chi connectivity index (χ2v) is 8.54. The zero-order valence-corrected chi connectivity index (χ0v) is 16.9. The van der Waals surface area contributed by atoms with Gasteiger partial charge in [0.05, 0.1) is 6.42 Å². The minimum atomic E-state index is -0.279. The van der Waals surface area contributed by atoms with Gasteiger partial charge in [-0.05, 0) is 54.7 Å². The fraction of sp³-hybridized carbons (Fsp3) is 0.435. The number of fused-ring (bicyclic) bond motifs is 1. The molecule has 1 fully saturated rings. The van der Waals surface area contributed by atoms with E-state index in [0.717, 1.165) is 55.2 Å². The lowest BCUT2D eigenvalue weighted by atomic mass is 9.91. The first-order chi connectivity index (χ1) is 13.5. The Hall–Kier alpha value is -2.04. The Morgan fingerprint density at radius 3 is 2.61 bits per heavy atom. The van der Waals surface area contributed by atoms with Gasteiger partial charge in [-0.3, -0.25) is 4.79 Å². The summed E-state index contributed by atoms with van der Waals surface area (Å²) in [5, 5.41) is 3.87. The Morgan fingerprint density at radius 1 is 1.14 bits per heavy atom. The minimum Gasteiger partial charge on any atom is -0.487 e. The van der Waals surface area contributed by atoms with Gasteiger partial charge in [0.2, 0.25) is 5.91 Å². The van der Waals surface area contributed by atoms with Crippen molar-refractivity contribution in [3.05, 3.63) is 64.2 Å². The Bertz CT molecular complexity index is 845. The SMILES string of the molecule is C[C@@]1(Cc2ccc(Cl)cc2)Cc2cc(CC(=O)NC3CCOCC3)ccc2O1. The molecule has 1 saturated heterocycles. The van der Waals surface area contributed by atoms with E-state index in [4.69, 9.17) is 21.1 Å². The lowest BCUT2D eigenvalue weighted by molar-refractivity contribution is -0.121. The maximum absolute atomic E-state index is 12.4. The van der Waals surface area contributed by atoms with Gasteiger partial charge in [-0.15, -0.1) is 0 Å². The zero-order chi connectivity index (χ0) is 19.6. The van der Waals surface area contributed by atoms with Crippen LogP contribution in [0.4, 0.5) is 0 Å². The highest BCUT2D eigenvalue weighted by molar-refractivity contribution is 6.30. The van der Waals surface area contributed by atoms with E-state index in [2.05, 4.69) is 18.3 Å². The van der Waals surface area contributed by atoms with Crippen molar-refractivity contribution < 1.29 is 14.3 Å². The van der Waals surface area contributed by atoms with Crippen molar-refractivity contribution in [3.8, 4) is 5.75 Å². The quantitative estimate of drug-likeness (QED) is 0.822. The number of nitrogens with one attached hydrogen (secondary N) is 1. The predicted octanol–water partition coefficient (Wildman–Crippen LogP) is 4.11. The number of carbonyl (C=O) groups is 1. The largest absolute Gasteiger partial charge is 0.487 e. The minimum absolute atomic E-state index is 0.0784. The highest BCUT2D eigenvalue weighted by atomic mass is 35.5. The van der Waals surface area contributed by atoms with E-state index >= 15 is 0 Å². The van der Waals surface area contributed by atoms with Gasteiger partial charge in [0.1, 0.15) is 11.4 Å². The number of hydrogen-bond donors (Lipinski definition) is 1. The van der Waals surface area contributed by atoms with Crippen LogP contribution in [0.25, 0.3) is 0 Å². The van der Waals surface area contributed by atoms with E-state index in [1.165, 1.54) is 11.1 Å². The summed E-state index contributed by atoms with van der Waals surface area (Å²) in [5.74, 6) is 1.000. The van der Waals surface area contributed by atoms with Crippen LogP contribution in [0.5, 0.6) is 5.75 Å². The van der Waals surface area contributed by atoms with Crippen molar-refractivity contribution in [1.29, 1.82) is 0 Å². The summed E-state index contributed by atoms with van der Waals surface area (Å²) in [5.41, 5.74) is 3.13. The summed E-state index contributed by atoms with van der Waals surface area (Å²) in [6, 6.07) is 14.3. The zero-order valence-electron chi connectivity index (χ0n) is 16.2. The molecule has 4 nitrogen and oxygen atoms in total. The molecule has 1 amide bonds. The Morgan fingerprint density at radius 2 is 1.86 bits per heavy atom. The molecule has 2 aromatic rings. The van der Waals surface area contributed by atoms with Crippen molar-refractivity contribution in [2.24, 2.45) is 0 Å². The molecule has 0 bridgehead atoms. The number of amides is 1. The van der Waals surface area contributed by atoms with Crippen LogP contribution in [0.1, 0.15) is 36.5 Å². The number of rotatable bonds is 5. The molecule has 1 N–H and O–H groups in total. The van der Waals surface area contributed by atoms with Gasteiger partial charge in [0, 0.05) is 37.1 Å². The number of benzene rings is 2. The first kappa shape index (κ1) is 19.3. The van der Waals surface area contributed by atoms with Gasteiger partial charge >= 0.3 is 0 Å². The lowest BCUT2D eigenvalue weighted by Gasteiger charge is -2.24. The topological polar surface area (TPSA) is 47.6 Å². The summed E-state index contributed by atoms with van der Waals surface area (Å²) < 4.78 is 11.6. The van der Waals surface area contributed by atoms with Crippen LogP contribution in [0.3, 0.4) is 0 Å². The van der Waals surface area contributed by atoms with Crippen LogP contribution in [0.2, 0.25) is 5.02 Å². The predicted molar refractivity (Wildman–Crippen MR) is 110 cm³/mol. The molecule has 5 heteroatoms. The summed E-state index contributed by atoms with van der Waals surface area (Å²) in [7, 11) is 0. The Balaban J connectivity index is 1.38.